The number of para-hydroxylation sites is 1. The maximum Gasteiger partial charge on any atom is 0.320 e. The third-order valence-corrected chi connectivity index (χ3v) is 2.65. The number of urea groups is 1. The van der Waals surface area contributed by atoms with E-state index in [1.165, 1.54) is 25.4 Å². The molecule has 0 unspecified atom stereocenters. The largest absolute Gasteiger partial charge is 0.451 e. The first-order chi connectivity index (χ1) is 10.0. The molecular formula is C14H13F2N3O2. The van der Waals surface area contributed by atoms with E-state index in [2.05, 4.69) is 15.6 Å². The summed E-state index contributed by atoms with van der Waals surface area (Å²) >= 11 is 0. The number of aromatic nitrogens is 1. The lowest BCUT2D eigenvalue weighted by Gasteiger charge is -2.11. The Morgan fingerprint density at radius 2 is 1.95 bits per heavy atom. The first-order valence-electron chi connectivity index (χ1n) is 6.08. The number of nitrogens with one attached hydrogen (secondary N) is 2. The minimum Gasteiger partial charge on any atom is -0.451 e. The number of anilines is 1. The van der Waals surface area contributed by atoms with Crippen molar-refractivity contribution in [1.29, 1.82) is 0 Å². The Labute approximate surface area is 120 Å². The summed E-state index contributed by atoms with van der Waals surface area (Å²) in [5, 5.41) is 4.81. The average Bonchev–Trinajstić information content (AvgIpc) is 2.46. The van der Waals surface area contributed by atoms with Crippen LogP contribution in [-0.2, 0) is 0 Å². The highest BCUT2D eigenvalue weighted by atomic mass is 19.1. The van der Waals surface area contributed by atoms with Crippen LogP contribution in [-0.4, -0.2) is 18.1 Å². The van der Waals surface area contributed by atoms with Gasteiger partial charge in [0, 0.05) is 24.9 Å². The number of aryl methyl sites for hydroxylation is 1. The molecule has 21 heavy (non-hydrogen) atoms. The molecule has 0 spiro atoms. The van der Waals surface area contributed by atoms with E-state index in [1.807, 2.05) is 0 Å². The van der Waals surface area contributed by atoms with E-state index in [9.17, 15) is 13.6 Å². The predicted octanol–water partition coefficient (Wildman–Crippen LogP) is 3.21. The number of nitrogens with zero attached hydrogens (tertiary/aromatic N) is 1. The molecule has 2 N–H and O–H groups in total. The molecule has 1 aromatic heterocycles. The summed E-state index contributed by atoms with van der Waals surface area (Å²) in [4.78, 5) is 15.2. The Bertz CT molecular complexity index is 657. The maximum atomic E-state index is 13.6. The summed E-state index contributed by atoms with van der Waals surface area (Å²) in [6, 6.07) is 4.36. The molecule has 1 heterocycles. The number of ether oxygens (including phenoxy) is 1. The molecule has 0 bridgehead atoms. The molecule has 0 fully saturated rings. The Morgan fingerprint density at radius 1 is 1.29 bits per heavy atom. The lowest BCUT2D eigenvalue weighted by Crippen LogP contribution is -2.24. The van der Waals surface area contributed by atoms with E-state index in [-0.39, 0.29) is 11.6 Å². The number of halogens is 2. The number of hydrogen-bond donors (Lipinski definition) is 2. The first kappa shape index (κ1) is 14.7. The summed E-state index contributed by atoms with van der Waals surface area (Å²) < 4.78 is 32.4. The van der Waals surface area contributed by atoms with Gasteiger partial charge in [-0.05, 0) is 19.1 Å². The molecule has 0 atom stereocenters. The van der Waals surface area contributed by atoms with Crippen LogP contribution in [0.1, 0.15) is 5.56 Å². The van der Waals surface area contributed by atoms with Crippen molar-refractivity contribution in [3.63, 3.8) is 0 Å². The number of benzene rings is 1. The fourth-order valence-electron chi connectivity index (χ4n) is 1.55. The highest BCUT2D eigenvalue weighted by Gasteiger charge is 2.13. The molecule has 1 aromatic carbocycles. The molecule has 5 nitrogen and oxygen atoms in total. The van der Waals surface area contributed by atoms with Crippen LogP contribution in [0.5, 0.6) is 11.5 Å². The molecular weight excluding hydrogens is 280 g/mol. The van der Waals surface area contributed by atoms with Crippen LogP contribution in [0, 0.1) is 18.6 Å². The maximum absolute atomic E-state index is 13.6. The molecule has 2 amide bonds. The molecule has 0 saturated heterocycles. The van der Waals surface area contributed by atoms with Gasteiger partial charge in [0.05, 0.1) is 0 Å². The molecule has 7 heteroatoms. The second-order valence-electron chi connectivity index (χ2n) is 4.19. The lowest BCUT2D eigenvalue weighted by atomic mass is 10.2. The molecule has 0 aliphatic rings. The summed E-state index contributed by atoms with van der Waals surface area (Å²) in [7, 11) is 1.45. The van der Waals surface area contributed by atoms with Crippen LogP contribution in [0.15, 0.2) is 30.5 Å². The van der Waals surface area contributed by atoms with Crippen molar-refractivity contribution >= 4 is 11.8 Å². The highest BCUT2D eigenvalue weighted by molar-refractivity contribution is 5.88. The number of hydrogen-bond acceptors (Lipinski definition) is 3. The zero-order chi connectivity index (χ0) is 15.4. The smallest absolute Gasteiger partial charge is 0.320 e. The van der Waals surface area contributed by atoms with Crippen LogP contribution in [0.2, 0.25) is 0 Å². The van der Waals surface area contributed by atoms with Crippen molar-refractivity contribution in [3.05, 3.63) is 47.7 Å². The van der Waals surface area contributed by atoms with E-state index in [0.717, 1.165) is 12.1 Å². The lowest BCUT2D eigenvalue weighted by molar-refractivity contribution is 0.254. The second kappa shape index (κ2) is 6.17. The topological polar surface area (TPSA) is 63.2 Å². The number of pyridine rings is 1. The molecule has 2 rings (SSSR count). The highest BCUT2D eigenvalue weighted by Crippen LogP contribution is 2.30. The first-order valence-corrected chi connectivity index (χ1v) is 6.08. The Kier molecular flexibility index (Phi) is 4.32. The van der Waals surface area contributed by atoms with Gasteiger partial charge in [0.1, 0.15) is 11.6 Å². The van der Waals surface area contributed by atoms with Gasteiger partial charge in [-0.3, -0.25) is 5.32 Å². The summed E-state index contributed by atoms with van der Waals surface area (Å²) in [6.45, 7) is 1.67. The quantitative estimate of drug-likeness (QED) is 0.913. The Morgan fingerprint density at radius 3 is 2.57 bits per heavy atom. The SMILES string of the molecule is CNC(=O)Nc1cc(Oc2c(F)cccc2F)c(C)cn1. The average molecular weight is 293 g/mol. The number of rotatable bonds is 3. The zero-order valence-corrected chi connectivity index (χ0v) is 11.4. The molecule has 0 aliphatic carbocycles. The van der Waals surface area contributed by atoms with Gasteiger partial charge in [0.2, 0.25) is 0 Å². The van der Waals surface area contributed by atoms with E-state index >= 15 is 0 Å². The second-order valence-corrected chi connectivity index (χ2v) is 4.19. The number of carbonyl (C=O) groups excluding carboxylic acids is 1. The molecule has 0 saturated carbocycles. The van der Waals surface area contributed by atoms with Gasteiger partial charge in [-0.25, -0.2) is 18.6 Å². The van der Waals surface area contributed by atoms with Crippen LogP contribution in [0.4, 0.5) is 19.4 Å². The van der Waals surface area contributed by atoms with Gasteiger partial charge in [0.15, 0.2) is 17.4 Å². The number of amides is 2. The van der Waals surface area contributed by atoms with Crippen LogP contribution < -0.4 is 15.4 Å². The van der Waals surface area contributed by atoms with Crippen molar-refractivity contribution in [2.24, 2.45) is 0 Å². The normalized spacial score (nSPS) is 10.1. The summed E-state index contributed by atoms with van der Waals surface area (Å²) in [6.07, 6.45) is 1.43. The predicted molar refractivity (Wildman–Crippen MR) is 73.5 cm³/mol. The van der Waals surface area contributed by atoms with Gasteiger partial charge in [0.25, 0.3) is 0 Å². The van der Waals surface area contributed by atoms with Crippen molar-refractivity contribution in [3.8, 4) is 11.5 Å². The summed E-state index contributed by atoms with van der Waals surface area (Å²) in [5.41, 5.74) is 0.570. The zero-order valence-electron chi connectivity index (χ0n) is 11.4. The number of carbonyl (C=O) groups is 1. The third-order valence-electron chi connectivity index (χ3n) is 2.65. The van der Waals surface area contributed by atoms with Gasteiger partial charge >= 0.3 is 6.03 Å². The van der Waals surface area contributed by atoms with E-state index in [1.54, 1.807) is 6.92 Å². The van der Waals surface area contributed by atoms with E-state index < -0.39 is 23.4 Å². The molecule has 110 valence electrons. The van der Waals surface area contributed by atoms with Crippen LogP contribution in [0.25, 0.3) is 0 Å². The fourth-order valence-corrected chi connectivity index (χ4v) is 1.55. The van der Waals surface area contributed by atoms with Gasteiger partial charge < -0.3 is 10.1 Å². The van der Waals surface area contributed by atoms with Gasteiger partial charge in [-0.1, -0.05) is 6.07 Å². The third kappa shape index (κ3) is 3.44. The molecule has 0 radical (unpaired) electrons. The summed E-state index contributed by atoms with van der Waals surface area (Å²) in [5.74, 6) is -1.73. The van der Waals surface area contributed by atoms with E-state index in [4.69, 9.17) is 4.74 Å². The monoisotopic (exact) mass is 293 g/mol. The van der Waals surface area contributed by atoms with E-state index in [0.29, 0.717) is 5.56 Å². The van der Waals surface area contributed by atoms with Crippen LogP contribution >= 0.6 is 0 Å². The Hall–Kier alpha value is -2.70. The fraction of sp³-hybridized carbons (Fsp3) is 0.143. The molecule has 2 aromatic rings. The van der Waals surface area contributed by atoms with Crippen molar-refractivity contribution < 1.29 is 18.3 Å². The minimum atomic E-state index is -0.813. The van der Waals surface area contributed by atoms with Crippen molar-refractivity contribution in [2.75, 3.05) is 12.4 Å². The standard InChI is InChI=1S/C14H13F2N3O2/c1-8-7-18-12(19-14(20)17-2)6-11(8)21-13-9(15)4-3-5-10(13)16/h3-7H,1-2H3,(H2,17,18,19,20). The Balaban J connectivity index is 2.31. The molecule has 0 aliphatic heterocycles. The van der Waals surface area contributed by atoms with Gasteiger partial charge in [-0.15, -0.1) is 0 Å². The van der Waals surface area contributed by atoms with Crippen molar-refractivity contribution in [2.45, 2.75) is 6.92 Å². The van der Waals surface area contributed by atoms with Crippen LogP contribution in [0.3, 0.4) is 0 Å². The van der Waals surface area contributed by atoms with Gasteiger partial charge in [-0.2, -0.15) is 0 Å². The minimum absolute atomic E-state index is 0.195. The van der Waals surface area contributed by atoms with Crippen molar-refractivity contribution in [1.82, 2.24) is 10.3 Å².